The number of nitriles is 1. The Morgan fingerprint density at radius 2 is 2.00 bits per heavy atom. The van der Waals surface area contributed by atoms with E-state index < -0.39 is 5.82 Å². The molecule has 0 aliphatic carbocycles. The molecule has 4 aromatic rings. The fourth-order valence-electron chi connectivity index (χ4n) is 5.58. The standard InChI is InChI=1S/C30H29FN8O2.ClH/c31-25-15-23(41-22-8-2-1-3-9-22)10-11-24(25)27-26-28(33)35-18-36-29(26)39(37-27)17-21-7-5-13-38(21)30(40)19(16-32)14-20-6-4-12-34-20;/h1-3,8-11,14-15,18,20-21,34H,4-7,12-13,17H2,(H2,33,35,36);1H/b19-14+;/t20-,21+;/m0./s1. The highest BCUT2D eigenvalue weighted by atomic mass is 35.5. The van der Waals surface area contributed by atoms with Gasteiger partial charge in [0.05, 0.1) is 18.0 Å². The number of para-hydroxylation sites is 1. The lowest BCUT2D eigenvalue weighted by molar-refractivity contribution is -0.127. The number of ether oxygens (including phenoxy) is 1. The number of hydrogen-bond acceptors (Lipinski definition) is 8. The Balaban J connectivity index is 0.00000353. The highest BCUT2D eigenvalue weighted by molar-refractivity contribution is 5.99. The van der Waals surface area contributed by atoms with Gasteiger partial charge in [-0.2, -0.15) is 10.4 Å². The molecule has 10 nitrogen and oxygen atoms in total. The van der Waals surface area contributed by atoms with Crippen molar-refractivity contribution in [2.75, 3.05) is 18.8 Å². The number of carbonyl (C=O) groups is 1. The Bertz CT molecular complexity index is 1660. The van der Waals surface area contributed by atoms with Crippen LogP contribution in [-0.4, -0.2) is 55.7 Å². The van der Waals surface area contributed by atoms with E-state index in [9.17, 15) is 10.1 Å². The van der Waals surface area contributed by atoms with E-state index in [2.05, 4.69) is 21.4 Å². The average molecular weight is 589 g/mol. The molecular weight excluding hydrogens is 559 g/mol. The summed E-state index contributed by atoms with van der Waals surface area (Å²) in [4.78, 5) is 23.7. The molecule has 1 amide bonds. The zero-order valence-corrected chi connectivity index (χ0v) is 23.6. The molecule has 2 aromatic carbocycles. The first-order valence-electron chi connectivity index (χ1n) is 13.7. The van der Waals surface area contributed by atoms with Crippen LogP contribution in [0.15, 0.2) is 66.5 Å². The minimum atomic E-state index is -0.532. The van der Waals surface area contributed by atoms with E-state index in [1.54, 1.807) is 39.9 Å². The number of anilines is 1. The number of amides is 1. The molecule has 2 saturated heterocycles. The van der Waals surface area contributed by atoms with E-state index in [1.807, 2.05) is 18.2 Å². The number of halogens is 2. The van der Waals surface area contributed by atoms with Gasteiger partial charge < -0.3 is 20.7 Å². The number of rotatable bonds is 7. The second-order valence-corrected chi connectivity index (χ2v) is 10.2. The molecule has 2 atom stereocenters. The number of fused-ring (bicyclic) bond motifs is 1. The molecule has 0 saturated carbocycles. The number of nitrogens with zero attached hydrogens (tertiary/aromatic N) is 6. The number of nitrogens with two attached hydrogens (primary N) is 1. The molecule has 2 aliphatic rings. The van der Waals surface area contributed by atoms with Gasteiger partial charge in [0.25, 0.3) is 5.91 Å². The van der Waals surface area contributed by atoms with Gasteiger partial charge in [0, 0.05) is 24.2 Å². The number of aromatic nitrogens is 4. The molecule has 12 heteroatoms. The fourth-order valence-corrected chi connectivity index (χ4v) is 5.58. The Morgan fingerprint density at radius 1 is 1.17 bits per heavy atom. The summed E-state index contributed by atoms with van der Waals surface area (Å²) in [6.45, 7) is 1.74. The van der Waals surface area contributed by atoms with Gasteiger partial charge in [0.15, 0.2) is 5.65 Å². The van der Waals surface area contributed by atoms with Gasteiger partial charge in [-0.15, -0.1) is 12.4 Å². The molecule has 2 aliphatic heterocycles. The normalized spacial score (nSPS) is 18.6. The third kappa shape index (κ3) is 5.77. The number of benzene rings is 2. The van der Waals surface area contributed by atoms with Crippen molar-refractivity contribution in [3.63, 3.8) is 0 Å². The largest absolute Gasteiger partial charge is 0.457 e. The molecule has 6 rings (SSSR count). The fraction of sp³-hybridized carbons (Fsp3) is 0.300. The maximum Gasteiger partial charge on any atom is 0.264 e. The second kappa shape index (κ2) is 12.5. The maximum atomic E-state index is 15.5. The lowest BCUT2D eigenvalue weighted by Crippen LogP contribution is -2.39. The van der Waals surface area contributed by atoms with E-state index in [-0.39, 0.29) is 47.4 Å². The van der Waals surface area contributed by atoms with Crippen molar-refractivity contribution in [2.24, 2.45) is 0 Å². The van der Waals surface area contributed by atoms with Gasteiger partial charge >= 0.3 is 0 Å². The van der Waals surface area contributed by atoms with Crippen LogP contribution in [-0.2, 0) is 11.3 Å². The lowest BCUT2D eigenvalue weighted by Gasteiger charge is -2.24. The van der Waals surface area contributed by atoms with Gasteiger partial charge in [0.1, 0.15) is 46.8 Å². The minimum Gasteiger partial charge on any atom is -0.457 e. The van der Waals surface area contributed by atoms with Gasteiger partial charge in [-0.3, -0.25) is 4.79 Å². The molecule has 0 bridgehead atoms. The molecule has 3 N–H and O–H groups in total. The molecular formula is C30H30ClFN8O2. The topological polar surface area (TPSA) is 135 Å². The van der Waals surface area contributed by atoms with E-state index in [4.69, 9.17) is 15.6 Å². The van der Waals surface area contributed by atoms with Crippen molar-refractivity contribution in [3.05, 3.63) is 72.3 Å². The zero-order chi connectivity index (χ0) is 28.3. The summed E-state index contributed by atoms with van der Waals surface area (Å²) in [6, 6.07) is 15.6. The molecule has 42 heavy (non-hydrogen) atoms. The second-order valence-electron chi connectivity index (χ2n) is 10.2. The van der Waals surface area contributed by atoms with Crippen LogP contribution in [0.25, 0.3) is 22.3 Å². The van der Waals surface area contributed by atoms with Gasteiger partial charge in [-0.05, 0) is 62.6 Å². The van der Waals surface area contributed by atoms with Crippen molar-refractivity contribution in [3.8, 4) is 28.8 Å². The van der Waals surface area contributed by atoms with E-state index in [0.717, 1.165) is 32.2 Å². The predicted octanol–water partition coefficient (Wildman–Crippen LogP) is 4.62. The third-order valence-corrected chi connectivity index (χ3v) is 7.57. The molecule has 0 unspecified atom stereocenters. The van der Waals surface area contributed by atoms with Crippen molar-refractivity contribution < 1.29 is 13.9 Å². The Labute approximate surface area is 248 Å². The van der Waals surface area contributed by atoms with Crippen molar-refractivity contribution in [1.29, 1.82) is 5.26 Å². The van der Waals surface area contributed by atoms with Gasteiger partial charge in [-0.25, -0.2) is 19.0 Å². The maximum absolute atomic E-state index is 15.5. The lowest BCUT2D eigenvalue weighted by atomic mass is 10.1. The Kier molecular flexibility index (Phi) is 8.66. The summed E-state index contributed by atoms with van der Waals surface area (Å²) in [5.74, 6) is 0.305. The average Bonchev–Trinajstić information content (AvgIpc) is 3.74. The van der Waals surface area contributed by atoms with E-state index >= 15 is 4.39 Å². The molecule has 0 radical (unpaired) electrons. The summed E-state index contributed by atoms with van der Waals surface area (Å²) in [5, 5.41) is 18.2. The highest BCUT2D eigenvalue weighted by Crippen LogP contribution is 2.35. The van der Waals surface area contributed by atoms with Crippen LogP contribution in [0.2, 0.25) is 0 Å². The number of nitrogens with one attached hydrogen (secondary N) is 1. The van der Waals surface area contributed by atoms with Crippen LogP contribution < -0.4 is 15.8 Å². The molecule has 2 fully saturated rings. The quantitative estimate of drug-likeness (QED) is 0.236. The molecule has 0 spiro atoms. The number of carbonyl (C=O) groups excluding carboxylic acids is 1. The third-order valence-electron chi connectivity index (χ3n) is 7.57. The smallest absolute Gasteiger partial charge is 0.264 e. The van der Waals surface area contributed by atoms with Crippen molar-refractivity contribution >= 4 is 35.2 Å². The molecule has 4 heterocycles. The highest BCUT2D eigenvalue weighted by Gasteiger charge is 2.33. The molecule has 216 valence electrons. The van der Waals surface area contributed by atoms with Crippen molar-refractivity contribution in [1.82, 2.24) is 30.0 Å². The SMILES string of the molecule is Cl.N#C/C(=C\[C@@H]1CCCN1)C(=O)N1CCC[C@@H]1Cn1nc(-c2ccc(Oc3ccccc3)cc2F)c2c(N)ncnc21. The summed E-state index contributed by atoms with van der Waals surface area (Å²) >= 11 is 0. The Morgan fingerprint density at radius 3 is 2.74 bits per heavy atom. The summed E-state index contributed by atoms with van der Waals surface area (Å²) in [7, 11) is 0. The van der Waals surface area contributed by atoms with E-state index in [1.165, 1.54) is 12.4 Å². The van der Waals surface area contributed by atoms with Crippen LogP contribution >= 0.6 is 12.4 Å². The van der Waals surface area contributed by atoms with Crippen molar-refractivity contribution in [2.45, 2.75) is 44.3 Å². The first kappa shape index (κ1) is 29.0. The van der Waals surface area contributed by atoms with Crippen LogP contribution in [0.1, 0.15) is 25.7 Å². The number of hydrogen-bond donors (Lipinski definition) is 2. The van der Waals surface area contributed by atoms with Crippen LogP contribution in [0.3, 0.4) is 0 Å². The first-order valence-corrected chi connectivity index (χ1v) is 13.7. The van der Waals surface area contributed by atoms with E-state index in [0.29, 0.717) is 41.3 Å². The predicted molar refractivity (Wildman–Crippen MR) is 158 cm³/mol. The minimum absolute atomic E-state index is 0. The zero-order valence-electron chi connectivity index (χ0n) is 22.7. The number of nitrogen functional groups attached to an aromatic ring is 1. The summed E-state index contributed by atoms with van der Waals surface area (Å²) in [5.41, 5.74) is 7.38. The van der Waals surface area contributed by atoms with Crippen LogP contribution in [0.5, 0.6) is 11.5 Å². The van der Waals surface area contributed by atoms with Crippen LogP contribution in [0.4, 0.5) is 10.2 Å². The first-order chi connectivity index (χ1) is 20.0. The number of likely N-dealkylation sites (tertiary alicyclic amines) is 1. The monoisotopic (exact) mass is 588 g/mol. The van der Waals surface area contributed by atoms with Gasteiger partial charge in [-0.1, -0.05) is 18.2 Å². The molecule has 2 aromatic heterocycles. The Hall–Kier alpha value is -4.53. The summed E-state index contributed by atoms with van der Waals surface area (Å²) in [6.07, 6.45) is 6.55. The van der Waals surface area contributed by atoms with Crippen LogP contribution in [0, 0.1) is 17.1 Å². The summed E-state index contributed by atoms with van der Waals surface area (Å²) < 4.78 is 22.9. The van der Waals surface area contributed by atoms with Gasteiger partial charge in [0.2, 0.25) is 0 Å².